The minimum absolute atomic E-state index is 0.446. The van der Waals surface area contributed by atoms with Crippen molar-refractivity contribution < 1.29 is 4.34 Å². The Morgan fingerprint density at radius 3 is 2.23 bits per heavy atom. The quantitative estimate of drug-likeness (QED) is 0.628. The van der Waals surface area contributed by atoms with Gasteiger partial charge in [0.25, 0.3) is 0 Å². The maximum Gasteiger partial charge on any atom is 0.311 e. The molecule has 0 spiro atoms. The summed E-state index contributed by atoms with van der Waals surface area (Å²) in [5.74, 6) is 0. The van der Waals surface area contributed by atoms with Crippen LogP contribution in [0.25, 0.3) is 0 Å². The highest BCUT2D eigenvalue weighted by Gasteiger charge is 2.42. The van der Waals surface area contributed by atoms with Gasteiger partial charge in [0, 0.05) is 0 Å². The molecule has 74 valence electrons. The molecular formula is C10H21BOSi. The van der Waals surface area contributed by atoms with Crippen molar-refractivity contribution in [3.63, 3.8) is 0 Å². The number of hydrogen-bond donors (Lipinski definition) is 0. The summed E-state index contributed by atoms with van der Waals surface area (Å²) in [4.78, 5) is 0. The van der Waals surface area contributed by atoms with Gasteiger partial charge in [-0.25, -0.2) is 0 Å². The van der Waals surface area contributed by atoms with E-state index in [4.69, 9.17) is 4.34 Å². The number of hydrogen-bond acceptors (Lipinski definition) is 1. The van der Waals surface area contributed by atoms with Gasteiger partial charge in [-0.3, -0.25) is 0 Å². The van der Waals surface area contributed by atoms with Crippen LogP contribution in [-0.4, -0.2) is 15.2 Å². The molecule has 0 aromatic rings. The average molecular weight is 196 g/mol. The summed E-state index contributed by atoms with van der Waals surface area (Å²) in [6.45, 7) is 11.8. The van der Waals surface area contributed by atoms with Crippen LogP contribution in [0.5, 0.6) is 0 Å². The molecule has 1 nitrogen and oxygen atoms in total. The van der Waals surface area contributed by atoms with E-state index >= 15 is 0 Å². The van der Waals surface area contributed by atoms with Crippen LogP contribution in [0, 0.1) is 0 Å². The van der Waals surface area contributed by atoms with Crippen LogP contribution in [0.15, 0.2) is 10.7 Å². The molecule has 1 atom stereocenters. The van der Waals surface area contributed by atoms with Gasteiger partial charge in [0.05, 0.1) is 0 Å². The molecule has 0 aromatic heterocycles. The Bertz CT molecular complexity index is 227. The van der Waals surface area contributed by atoms with Crippen molar-refractivity contribution in [2.75, 3.05) is 0 Å². The topological polar surface area (TPSA) is 9.23 Å². The second kappa shape index (κ2) is 4.01. The molecule has 1 aliphatic heterocycles. The zero-order valence-corrected chi connectivity index (χ0v) is 10.6. The second-order valence-electron chi connectivity index (χ2n) is 4.10. The minimum Gasteiger partial charge on any atom is -0.470 e. The highest BCUT2D eigenvalue weighted by atomic mass is 28.4. The van der Waals surface area contributed by atoms with Gasteiger partial charge < -0.3 is 4.34 Å². The van der Waals surface area contributed by atoms with Crippen LogP contribution in [0.3, 0.4) is 0 Å². The van der Waals surface area contributed by atoms with E-state index in [0.29, 0.717) is 6.92 Å². The fraction of sp³-hybridized carbons (Fsp3) is 0.800. The van der Waals surface area contributed by atoms with Gasteiger partial charge in [0.2, 0.25) is 0 Å². The third-order valence-corrected chi connectivity index (χ3v) is 7.55. The smallest absolute Gasteiger partial charge is 0.311 e. The van der Waals surface area contributed by atoms with E-state index in [-0.39, 0.29) is 0 Å². The summed E-state index contributed by atoms with van der Waals surface area (Å²) in [5.41, 5.74) is 1.60. The summed E-state index contributed by atoms with van der Waals surface area (Å²) in [5, 5.41) is 1.62. The summed E-state index contributed by atoms with van der Waals surface area (Å²) >= 11 is 0. The predicted octanol–water partition coefficient (Wildman–Crippen LogP) is 3.43. The van der Waals surface area contributed by atoms with E-state index in [1.165, 1.54) is 12.5 Å². The number of rotatable bonds is 3. The highest BCUT2D eigenvalue weighted by Crippen LogP contribution is 2.35. The predicted molar refractivity (Wildman–Crippen MR) is 62.4 cm³/mol. The monoisotopic (exact) mass is 196 g/mol. The van der Waals surface area contributed by atoms with Crippen molar-refractivity contribution in [2.45, 2.75) is 53.0 Å². The van der Waals surface area contributed by atoms with E-state index in [0.717, 1.165) is 6.32 Å². The molecule has 0 aromatic carbocycles. The van der Waals surface area contributed by atoms with Gasteiger partial charge in [-0.05, 0) is 32.3 Å². The van der Waals surface area contributed by atoms with Gasteiger partial charge in [-0.2, -0.15) is 0 Å². The number of allylic oxidation sites excluding steroid dienone is 2. The molecule has 13 heavy (non-hydrogen) atoms. The Hall–Kier alpha value is -0.0182. The maximum absolute atomic E-state index is 6.23. The molecule has 0 bridgehead atoms. The first-order chi connectivity index (χ1) is 6.09. The van der Waals surface area contributed by atoms with Gasteiger partial charge in [0.15, 0.2) is 8.32 Å². The molecule has 0 radical (unpaired) electrons. The summed E-state index contributed by atoms with van der Waals surface area (Å²) in [6.07, 6.45) is 2.32. The van der Waals surface area contributed by atoms with Crippen LogP contribution in [0.2, 0.25) is 18.9 Å². The fourth-order valence-electron chi connectivity index (χ4n) is 2.23. The zero-order chi connectivity index (χ0) is 10.1. The van der Waals surface area contributed by atoms with Crippen molar-refractivity contribution in [3.8, 4) is 0 Å². The molecule has 1 unspecified atom stereocenters. The van der Waals surface area contributed by atoms with Crippen molar-refractivity contribution in [2.24, 2.45) is 0 Å². The molecule has 1 aliphatic rings. The van der Waals surface area contributed by atoms with Crippen LogP contribution in [0.1, 0.15) is 34.1 Å². The van der Waals surface area contributed by atoms with Gasteiger partial charge in [-0.1, -0.05) is 31.4 Å². The molecule has 0 aliphatic carbocycles. The average Bonchev–Trinajstić information content (AvgIpc) is 2.40. The minimum atomic E-state index is -1.45. The molecule has 1 heterocycles. The van der Waals surface area contributed by atoms with Crippen LogP contribution < -0.4 is 0 Å². The molecule has 0 saturated heterocycles. The van der Waals surface area contributed by atoms with Crippen molar-refractivity contribution in [3.05, 3.63) is 10.7 Å². The van der Waals surface area contributed by atoms with Gasteiger partial charge in [0.1, 0.15) is 0 Å². The lowest BCUT2D eigenvalue weighted by Gasteiger charge is -2.23. The fourth-order valence-corrected chi connectivity index (χ4v) is 5.05. The largest absolute Gasteiger partial charge is 0.470 e. The Morgan fingerprint density at radius 1 is 1.31 bits per heavy atom. The van der Waals surface area contributed by atoms with E-state index in [9.17, 15) is 0 Å². The normalized spacial score (nSPS) is 28.8. The second-order valence-corrected chi connectivity index (χ2v) is 8.26. The maximum atomic E-state index is 6.23. The molecular weight excluding hydrogens is 175 g/mol. The van der Waals surface area contributed by atoms with Crippen LogP contribution in [-0.2, 0) is 4.34 Å². The van der Waals surface area contributed by atoms with Crippen molar-refractivity contribution in [1.29, 1.82) is 0 Å². The Kier molecular flexibility index (Phi) is 3.41. The van der Waals surface area contributed by atoms with Crippen LogP contribution in [0.4, 0.5) is 0 Å². The van der Waals surface area contributed by atoms with E-state index in [2.05, 4.69) is 34.2 Å². The first-order valence-corrected chi connectivity index (χ1v) is 8.08. The van der Waals surface area contributed by atoms with E-state index in [1.807, 2.05) is 0 Å². The zero-order valence-electron chi connectivity index (χ0n) is 9.61. The molecule has 0 N–H and O–H groups in total. The van der Waals surface area contributed by atoms with Crippen molar-refractivity contribution in [1.82, 2.24) is 0 Å². The first kappa shape index (κ1) is 11.1. The Balaban J connectivity index is 2.95. The van der Waals surface area contributed by atoms with E-state index < -0.39 is 8.32 Å². The Morgan fingerprint density at radius 2 is 1.92 bits per heavy atom. The summed E-state index contributed by atoms with van der Waals surface area (Å²) in [6, 6.07) is 1.22. The SMILES string of the molecule is CCB1O[Si](C)(CC)C(C)=C1CC. The molecule has 3 heteroatoms. The lowest BCUT2D eigenvalue weighted by Crippen LogP contribution is -2.34. The van der Waals surface area contributed by atoms with Gasteiger partial charge in [-0.15, -0.1) is 0 Å². The summed E-state index contributed by atoms with van der Waals surface area (Å²) < 4.78 is 6.23. The molecule has 1 rings (SSSR count). The Labute approximate surface area is 83.8 Å². The molecule has 0 amide bonds. The third-order valence-electron chi connectivity index (χ3n) is 3.49. The third kappa shape index (κ3) is 1.77. The van der Waals surface area contributed by atoms with Crippen LogP contribution >= 0.6 is 0 Å². The molecule has 0 fully saturated rings. The standard InChI is InChI=1S/C10H21BOSi/c1-6-10-9(4)13(5,8-3)12-11(10)7-2/h6-8H2,1-5H3. The summed E-state index contributed by atoms with van der Waals surface area (Å²) in [7, 11) is -1.45. The highest BCUT2D eigenvalue weighted by molar-refractivity contribution is 6.91. The molecule has 0 saturated carbocycles. The van der Waals surface area contributed by atoms with E-state index in [1.54, 1.807) is 10.7 Å². The van der Waals surface area contributed by atoms with Gasteiger partial charge >= 0.3 is 6.92 Å². The lowest BCUT2D eigenvalue weighted by atomic mass is 9.57. The lowest BCUT2D eigenvalue weighted by molar-refractivity contribution is 0.581. The van der Waals surface area contributed by atoms with Crippen molar-refractivity contribution >= 4 is 15.2 Å². The first-order valence-electron chi connectivity index (χ1n) is 5.47.